The molecule has 82 valence electrons. The molecular formula is C10H8ClF3O. The predicted molar refractivity (Wildman–Crippen MR) is 51.8 cm³/mol. The zero-order chi connectivity index (χ0) is 11.5. The highest BCUT2D eigenvalue weighted by atomic mass is 35.5. The second kappa shape index (κ2) is 4.57. The van der Waals surface area contributed by atoms with Gasteiger partial charge in [0, 0.05) is 11.5 Å². The largest absolute Gasteiger partial charge is 0.573 e. The maximum Gasteiger partial charge on any atom is 0.573 e. The van der Waals surface area contributed by atoms with Crippen LogP contribution < -0.4 is 4.74 Å². The van der Waals surface area contributed by atoms with E-state index in [-0.39, 0.29) is 5.75 Å². The van der Waals surface area contributed by atoms with Crippen molar-refractivity contribution in [3.63, 3.8) is 0 Å². The number of benzene rings is 1. The Morgan fingerprint density at radius 1 is 1.40 bits per heavy atom. The smallest absolute Gasteiger partial charge is 0.406 e. The molecule has 0 fully saturated rings. The van der Waals surface area contributed by atoms with E-state index in [1.807, 2.05) is 0 Å². The molecule has 0 saturated heterocycles. The second-order valence-corrected chi connectivity index (χ2v) is 3.42. The molecule has 0 radical (unpaired) electrons. The average Bonchev–Trinajstić information content (AvgIpc) is 1.99. The first-order chi connectivity index (χ1) is 6.87. The van der Waals surface area contributed by atoms with Gasteiger partial charge in [0.15, 0.2) is 0 Å². The van der Waals surface area contributed by atoms with Crippen molar-refractivity contribution in [1.82, 2.24) is 0 Å². The highest BCUT2D eigenvalue weighted by Gasteiger charge is 2.31. The SMILES string of the molecule is C=C(Cl)Cc1cccc(OC(F)(F)F)c1. The lowest BCUT2D eigenvalue weighted by molar-refractivity contribution is -0.274. The molecule has 0 unspecified atom stereocenters. The van der Waals surface area contributed by atoms with Gasteiger partial charge in [-0.05, 0) is 17.7 Å². The number of halogens is 4. The van der Waals surface area contributed by atoms with E-state index in [1.165, 1.54) is 18.2 Å². The van der Waals surface area contributed by atoms with Gasteiger partial charge in [0.2, 0.25) is 0 Å². The highest BCUT2D eigenvalue weighted by Crippen LogP contribution is 2.24. The topological polar surface area (TPSA) is 9.23 Å². The minimum Gasteiger partial charge on any atom is -0.406 e. The normalized spacial score (nSPS) is 11.2. The van der Waals surface area contributed by atoms with Gasteiger partial charge in [-0.25, -0.2) is 0 Å². The molecule has 0 bridgehead atoms. The average molecular weight is 237 g/mol. The van der Waals surface area contributed by atoms with Gasteiger partial charge in [-0.3, -0.25) is 0 Å². The van der Waals surface area contributed by atoms with Gasteiger partial charge >= 0.3 is 6.36 Å². The molecule has 0 heterocycles. The fourth-order valence-electron chi connectivity index (χ4n) is 1.07. The maximum atomic E-state index is 11.9. The summed E-state index contributed by atoms with van der Waals surface area (Å²) < 4.78 is 39.4. The zero-order valence-corrected chi connectivity index (χ0v) is 8.40. The zero-order valence-electron chi connectivity index (χ0n) is 7.64. The minimum absolute atomic E-state index is 0.252. The summed E-state index contributed by atoms with van der Waals surface area (Å²) in [6, 6.07) is 5.63. The molecule has 0 aliphatic rings. The fraction of sp³-hybridized carbons (Fsp3) is 0.200. The second-order valence-electron chi connectivity index (χ2n) is 2.89. The number of rotatable bonds is 3. The number of ether oxygens (including phenoxy) is 1. The van der Waals surface area contributed by atoms with Crippen molar-refractivity contribution >= 4 is 11.6 Å². The number of hydrogen-bond acceptors (Lipinski definition) is 1. The minimum atomic E-state index is -4.67. The third-order valence-electron chi connectivity index (χ3n) is 1.53. The molecule has 0 amide bonds. The molecule has 1 aromatic rings. The standard InChI is InChI=1S/C10H8ClF3O/c1-7(11)5-8-3-2-4-9(6-8)15-10(12,13)14/h2-4,6H,1,5H2. The lowest BCUT2D eigenvalue weighted by Crippen LogP contribution is -2.17. The van der Waals surface area contributed by atoms with Crippen LogP contribution in [0.5, 0.6) is 5.75 Å². The molecule has 0 saturated carbocycles. The van der Waals surface area contributed by atoms with E-state index in [1.54, 1.807) is 6.07 Å². The van der Waals surface area contributed by atoms with Gasteiger partial charge in [0.05, 0.1) is 0 Å². The molecule has 1 aromatic carbocycles. The van der Waals surface area contributed by atoms with Gasteiger partial charge in [-0.1, -0.05) is 30.3 Å². The summed E-state index contributed by atoms with van der Waals surface area (Å²) >= 11 is 5.54. The molecule has 5 heteroatoms. The Bertz CT molecular complexity index is 360. The molecule has 0 aliphatic carbocycles. The first-order valence-electron chi connectivity index (χ1n) is 4.05. The van der Waals surface area contributed by atoms with E-state index >= 15 is 0 Å². The van der Waals surface area contributed by atoms with Gasteiger partial charge in [-0.2, -0.15) is 0 Å². The fourth-order valence-corrected chi connectivity index (χ4v) is 1.23. The Labute approximate surface area is 90.1 Å². The predicted octanol–water partition coefficient (Wildman–Crippen LogP) is 3.88. The molecule has 0 aliphatic heterocycles. The van der Waals surface area contributed by atoms with E-state index in [9.17, 15) is 13.2 Å². The van der Waals surface area contributed by atoms with Crippen molar-refractivity contribution in [3.05, 3.63) is 41.4 Å². The van der Waals surface area contributed by atoms with Crippen LogP contribution in [0.4, 0.5) is 13.2 Å². The van der Waals surface area contributed by atoms with Gasteiger partial charge in [-0.15, -0.1) is 13.2 Å². The molecule has 0 spiro atoms. The van der Waals surface area contributed by atoms with Crippen LogP contribution in [0.15, 0.2) is 35.9 Å². The molecule has 1 rings (SSSR count). The van der Waals surface area contributed by atoms with Crippen molar-refractivity contribution < 1.29 is 17.9 Å². The van der Waals surface area contributed by atoms with Crippen LogP contribution in [0.1, 0.15) is 5.56 Å². The summed E-state index contributed by atoms with van der Waals surface area (Å²) in [7, 11) is 0. The van der Waals surface area contributed by atoms with Crippen LogP contribution in [0, 0.1) is 0 Å². The molecule has 0 atom stereocenters. The molecule has 0 N–H and O–H groups in total. The Kier molecular flexibility index (Phi) is 3.63. The lowest BCUT2D eigenvalue weighted by atomic mass is 10.1. The van der Waals surface area contributed by atoms with Crippen LogP contribution in [0.2, 0.25) is 0 Å². The molecule has 1 nitrogen and oxygen atoms in total. The highest BCUT2D eigenvalue weighted by molar-refractivity contribution is 6.29. The van der Waals surface area contributed by atoms with Crippen LogP contribution in [-0.4, -0.2) is 6.36 Å². The first kappa shape index (κ1) is 11.9. The third kappa shape index (κ3) is 4.74. The third-order valence-corrected chi connectivity index (χ3v) is 1.66. The van der Waals surface area contributed by atoms with Crippen LogP contribution in [0.3, 0.4) is 0 Å². The van der Waals surface area contributed by atoms with Gasteiger partial charge in [0.25, 0.3) is 0 Å². The Balaban J connectivity index is 2.79. The Hall–Kier alpha value is -1.16. The van der Waals surface area contributed by atoms with Crippen molar-refractivity contribution in [1.29, 1.82) is 0 Å². The van der Waals surface area contributed by atoms with E-state index in [4.69, 9.17) is 11.6 Å². The number of allylic oxidation sites excluding steroid dienone is 1. The molecule has 0 aromatic heterocycles. The summed E-state index contributed by atoms with van der Waals surface area (Å²) in [5.41, 5.74) is 0.622. The number of alkyl halides is 3. The Morgan fingerprint density at radius 2 is 2.07 bits per heavy atom. The van der Waals surface area contributed by atoms with E-state index in [0.717, 1.165) is 0 Å². The monoisotopic (exact) mass is 236 g/mol. The van der Waals surface area contributed by atoms with Crippen LogP contribution >= 0.6 is 11.6 Å². The van der Waals surface area contributed by atoms with Crippen molar-refractivity contribution in [2.24, 2.45) is 0 Å². The summed E-state index contributed by atoms with van der Waals surface area (Å²) in [6.45, 7) is 3.46. The quantitative estimate of drug-likeness (QED) is 0.774. The van der Waals surface area contributed by atoms with Crippen LogP contribution in [0.25, 0.3) is 0 Å². The summed E-state index contributed by atoms with van der Waals surface area (Å²) in [5.74, 6) is -0.252. The lowest BCUT2D eigenvalue weighted by Gasteiger charge is -2.09. The maximum absolute atomic E-state index is 11.9. The van der Waals surface area contributed by atoms with Gasteiger partial charge in [0.1, 0.15) is 5.75 Å². The van der Waals surface area contributed by atoms with E-state index in [0.29, 0.717) is 17.0 Å². The van der Waals surface area contributed by atoms with Gasteiger partial charge < -0.3 is 4.74 Å². The van der Waals surface area contributed by atoms with Crippen molar-refractivity contribution in [2.75, 3.05) is 0 Å². The summed E-state index contributed by atoms with van der Waals surface area (Å²) in [5, 5.41) is 0.360. The van der Waals surface area contributed by atoms with E-state index < -0.39 is 6.36 Å². The summed E-state index contributed by atoms with van der Waals surface area (Å²) in [6.07, 6.45) is -4.35. The number of hydrogen-bond donors (Lipinski definition) is 0. The Morgan fingerprint density at radius 3 is 2.60 bits per heavy atom. The molecule has 15 heavy (non-hydrogen) atoms. The first-order valence-corrected chi connectivity index (χ1v) is 4.42. The van der Waals surface area contributed by atoms with Crippen LogP contribution in [-0.2, 0) is 6.42 Å². The van der Waals surface area contributed by atoms with E-state index in [2.05, 4.69) is 11.3 Å². The summed E-state index contributed by atoms with van der Waals surface area (Å²) in [4.78, 5) is 0. The molecular weight excluding hydrogens is 229 g/mol. The van der Waals surface area contributed by atoms with Crippen molar-refractivity contribution in [3.8, 4) is 5.75 Å². The van der Waals surface area contributed by atoms with Crippen molar-refractivity contribution in [2.45, 2.75) is 12.8 Å².